The second kappa shape index (κ2) is 7.40. The molecule has 0 radical (unpaired) electrons. The molecule has 1 atom stereocenters. The maximum absolute atomic E-state index is 11.8. The number of aliphatic hydroxyl groups excluding tert-OH is 1. The van der Waals surface area contributed by atoms with E-state index in [1.165, 1.54) is 4.90 Å². The van der Waals surface area contributed by atoms with Crippen LogP contribution in [0.1, 0.15) is 30.9 Å². The Balaban J connectivity index is 2.02. The Hall–Kier alpha value is -1.79. The van der Waals surface area contributed by atoms with Crippen LogP contribution < -0.4 is 4.74 Å². The van der Waals surface area contributed by atoms with Crippen molar-refractivity contribution in [3.05, 3.63) is 28.3 Å². The first-order valence-electron chi connectivity index (χ1n) is 7.87. The summed E-state index contributed by atoms with van der Waals surface area (Å²) in [6.45, 7) is 5.89. The van der Waals surface area contributed by atoms with Crippen LogP contribution in [0.4, 0.5) is 4.79 Å². The molecule has 132 valence electrons. The Labute approximate surface area is 146 Å². The van der Waals surface area contributed by atoms with E-state index >= 15 is 0 Å². The zero-order valence-electron chi connectivity index (χ0n) is 14.4. The Bertz CT molecular complexity index is 648. The summed E-state index contributed by atoms with van der Waals surface area (Å²) >= 11 is 6.16. The summed E-state index contributed by atoms with van der Waals surface area (Å²) in [7, 11) is 1.55. The van der Waals surface area contributed by atoms with Gasteiger partial charge < -0.3 is 14.7 Å². The monoisotopic (exact) mass is 354 g/mol. The molecule has 2 rings (SSSR count). The lowest BCUT2D eigenvalue weighted by Gasteiger charge is -2.21. The standard InChI is InChI=1S/C17H23ClN2O4/c1-10(2)13-6-14(18)11(3)5-15(13)24-9-12(21)7-20-16(22)8-19(4)17(20)23/h5-6,10,12,21H,7-9H2,1-4H3/t12-/m0/s1. The highest BCUT2D eigenvalue weighted by Gasteiger charge is 2.34. The number of β-amino-alcohol motifs (C(OH)–C–C–N with tert-alkyl or cyclic N) is 1. The van der Waals surface area contributed by atoms with E-state index in [0.29, 0.717) is 10.8 Å². The maximum Gasteiger partial charge on any atom is 0.327 e. The summed E-state index contributed by atoms with van der Waals surface area (Å²) in [4.78, 5) is 25.9. The Kier molecular flexibility index (Phi) is 5.72. The summed E-state index contributed by atoms with van der Waals surface area (Å²) in [6, 6.07) is 3.31. The summed E-state index contributed by atoms with van der Waals surface area (Å²) in [5.41, 5.74) is 1.84. The summed E-state index contributed by atoms with van der Waals surface area (Å²) in [5.74, 6) is 0.555. The average Bonchev–Trinajstić information content (AvgIpc) is 2.74. The molecule has 1 aliphatic rings. The van der Waals surface area contributed by atoms with E-state index in [1.807, 2.05) is 32.9 Å². The minimum absolute atomic E-state index is 0.0123. The Morgan fingerprint density at radius 1 is 1.33 bits per heavy atom. The summed E-state index contributed by atoms with van der Waals surface area (Å²) < 4.78 is 5.73. The van der Waals surface area contributed by atoms with Gasteiger partial charge in [0, 0.05) is 12.1 Å². The van der Waals surface area contributed by atoms with Gasteiger partial charge in [-0.25, -0.2) is 4.79 Å². The molecule has 0 aliphatic carbocycles. The predicted octanol–water partition coefficient (Wildman–Crippen LogP) is 2.41. The number of benzene rings is 1. The molecule has 7 heteroatoms. The molecular weight excluding hydrogens is 332 g/mol. The van der Waals surface area contributed by atoms with Crippen LogP contribution in [-0.2, 0) is 4.79 Å². The first kappa shape index (κ1) is 18.5. The number of ether oxygens (including phenoxy) is 1. The van der Waals surface area contributed by atoms with Crippen molar-refractivity contribution in [3.63, 3.8) is 0 Å². The van der Waals surface area contributed by atoms with Gasteiger partial charge in [-0.05, 0) is 36.1 Å². The topological polar surface area (TPSA) is 70.1 Å². The third-order valence-electron chi connectivity index (χ3n) is 3.97. The largest absolute Gasteiger partial charge is 0.491 e. The number of carbonyl (C=O) groups excluding carboxylic acids is 2. The lowest BCUT2D eigenvalue weighted by atomic mass is 10.0. The summed E-state index contributed by atoms with van der Waals surface area (Å²) in [5, 5.41) is 10.8. The Morgan fingerprint density at radius 3 is 2.54 bits per heavy atom. The quantitative estimate of drug-likeness (QED) is 0.796. The average molecular weight is 355 g/mol. The second-order valence-corrected chi connectivity index (χ2v) is 6.81. The van der Waals surface area contributed by atoms with Crippen molar-refractivity contribution < 1.29 is 19.4 Å². The summed E-state index contributed by atoms with van der Waals surface area (Å²) in [6.07, 6.45) is -0.958. The molecule has 0 bridgehead atoms. The van der Waals surface area contributed by atoms with Gasteiger partial charge in [0.2, 0.25) is 5.91 Å². The molecule has 0 aromatic heterocycles. The van der Waals surface area contributed by atoms with Crippen LogP contribution in [0.3, 0.4) is 0 Å². The van der Waals surface area contributed by atoms with Gasteiger partial charge in [-0.2, -0.15) is 0 Å². The fourth-order valence-corrected chi connectivity index (χ4v) is 2.72. The number of halogens is 1. The number of amides is 3. The van der Waals surface area contributed by atoms with E-state index in [-0.39, 0.29) is 31.5 Å². The number of carbonyl (C=O) groups is 2. The zero-order valence-corrected chi connectivity index (χ0v) is 15.1. The number of likely N-dealkylation sites (N-methyl/N-ethyl adjacent to an activating group) is 1. The van der Waals surface area contributed by atoms with E-state index in [9.17, 15) is 14.7 Å². The van der Waals surface area contributed by atoms with Gasteiger partial charge in [-0.15, -0.1) is 0 Å². The highest BCUT2D eigenvalue weighted by molar-refractivity contribution is 6.31. The number of aryl methyl sites for hydroxylation is 1. The van der Waals surface area contributed by atoms with Crippen molar-refractivity contribution in [3.8, 4) is 5.75 Å². The van der Waals surface area contributed by atoms with Crippen LogP contribution in [0.2, 0.25) is 5.02 Å². The lowest BCUT2D eigenvalue weighted by Crippen LogP contribution is -2.40. The SMILES string of the molecule is Cc1cc(OC[C@@H](O)CN2C(=O)CN(C)C2=O)c(C(C)C)cc1Cl. The van der Waals surface area contributed by atoms with E-state index in [4.69, 9.17) is 16.3 Å². The Morgan fingerprint density at radius 2 is 2.00 bits per heavy atom. The van der Waals surface area contributed by atoms with E-state index in [0.717, 1.165) is 16.0 Å². The predicted molar refractivity (Wildman–Crippen MR) is 91.5 cm³/mol. The minimum atomic E-state index is -0.958. The lowest BCUT2D eigenvalue weighted by molar-refractivity contribution is -0.126. The second-order valence-electron chi connectivity index (χ2n) is 6.40. The minimum Gasteiger partial charge on any atom is -0.491 e. The number of imide groups is 1. The third-order valence-corrected chi connectivity index (χ3v) is 4.38. The van der Waals surface area contributed by atoms with E-state index in [1.54, 1.807) is 7.05 Å². The van der Waals surface area contributed by atoms with E-state index < -0.39 is 12.1 Å². The number of hydrogen-bond acceptors (Lipinski definition) is 4. The third kappa shape index (κ3) is 3.99. The first-order chi connectivity index (χ1) is 11.2. The van der Waals surface area contributed by atoms with Gasteiger partial charge in [0.15, 0.2) is 0 Å². The number of nitrogens with zero attached hydrogens (tertiary/aromatic N) is 2. The molecule has 1 N–H and O–H groups in total. The molecule has 6 nitrogen and oxygen atoms in total. The molecule has 0 unspecified atom stereocenters. The van der Waals surface area contributed by atoms with E-state index in [2.05, 4.69) is 0 Å². The number of rotatable bonds is 6. The highest BCUT2D eigenvalue weighted by atomic mass is 35.5. The van der Waals surface area contributed by atoms with Crippen molar-refractivity contribution in [2.75, 3.05) is 26.7 Å². The highest BCUT2D eigenvalue weighted by Crippen LogP contribution is 2.32. The van der Waals surface area contributed by atoms with Gasteiger partial charge in [-0.1, -0.05) is 25.4 Å². The molecule has 1 fully saturated rings. The molecule has 3 amide bonds. The molecule has 0 saturated carbocycles. The van der Waals surface area contributed by atoms with Crippen LogP contribution in [0, 0.1) is 6.92 Å². The molecule has 0 spiro atoms. The van der Waals surface area contributed by atoms with Gasteiger partial charge in [-0.3, -0.25) is 9.69 Å². The van der Waals surface area contributed by atoms with Crippen LogP contribution in [0.15, 0.2) is 12.1 Å². The molecule has 1 aliphatic heterocycles. The van der Waals surface area contributed by atoms with Gasteiger partial charge in [0.05, 0.1) is 6.54 Å². The number of hydrogen-bond donors (Lipinski definition) is 1. The van der Waals surface area contributed by atoms with Crippen molar-refractivity contribution in [1.29, 1.82) is 0 Å². The molecule has 24 heavy (non-hydrogen) atoms. The molecule has 1 heterocycles. The fraction of sp³-hybridized carbons (Fsp3) is 0.529. The van der Waals surface area contributed by atoms with Crippen molar-refractivity contribution in [2.45, 2.75) is 32.8 Å². The smallest absolute Gasteiger partial charge is 0.327 e. The fourth-order valence-electron chi connectivity index (χ4n) is 2.54. The number of urea groups is 1. The van der Waals surface area contributed by atoms with Gasteiger partial charge in [0.25, 0.3) is 0 Å². The molecular formula is C17H23ClN2O4. The zero-order chi connectivity index (χ0) is 18.0. The normalized spacial score (nSPS) is 16.3. The molecule has 1 saturated heterocycles. The van der Waals surface area contributed by atoms with Gasteiger partial charge >= 0.3 is 6.03 Å². The van der Waals surface area contributed by atoms with Crippen LogP contribution in [-0.4, -0.2) is 59.7 Å². The molecule has 1 aromatic rings. The molecule has 1 aromatic carbocycles. The first-order valence-corrected chi connectivity index (χ1v) is 8.24. The van der Waals surface area contributed by atoms with Crippen LogP contribution in [0.25, 0.3) is 0 Å². The van der Waals surface area contributed by atoms with Crippen molar-refractivity contribution in [1.82, 2.24) is 9.80 Å². The maximum atomic E-state index is 11.8. The van der Waals surface area contributed by atoms with Crippen LogP contribution in [0.5, 0.6) is 5.75 Å². The van der Waals surface area contributed by atoms with Gasteiger partial charge in [0.1, 0.15) is 25.0 Å². The van der Waals surface area contributed by atoms with Crippen molar-refractivity contribution in [2.24, 2.45) is 0 Å². The van der Waals surface area contributed by atoms with Crippen molar-refractivity contribution >= 4 is 23.5 Å². The van der Waals surface area contributed by atoms with Crippen LogP contribution >= 0.6 is 11.6 Å². The number of aliphatic hydroxyl groups is 1.